The first-order chi connectivity index (χ1) is 10.1. The third-order valence-electron chi connectivity index (χ3n) is 3.41. The molecule has 1 unspecified atom stereocenters. The number of anilines is 2. The standard InChI is InChI=1S/C12H18N8O/c1-12(21)4-2-6-19(8-12)10-15-9(18-13)16-11(17-10)20-7-3-5-14-20/h3,5,7,21H,2,4,6,8,13H2,1H3,(H,15,16,17,18). The molecule has 0 spiro atoms. The van der Waals surface area contributed by atoms with Crippen LogP contribution in [-0.2, 0) is 0 Å². The fraction of sp³-hybridized carbons (Fsp3) is 0.500. The third-order valence-corrected chi connectivity index (χ3v) is 3.41. The van der Waals surface area contributed by atoms with Crippen LogP contribution in [0.5, 0.6) is 0 Å². The first-order valence-electron chi connectivity index (χ1n) is 6.77. The zero-order valence-corrected chi connectivity index (χ0v) is 11.8. The number of hydrazine groups is 1. The molecule has 0 radical (unpaired) electrons. The molecule has 1 fully saturated rings. The summed E-state index contributed by atoms with van der Waals surface area (Å²) in [6, 6.07) is 1.78. The van der Waals surface area contributed by atoms with Gasteiger partial charge in [-0.3, -0.25) is 5.43 Å². The summed E-state index contributed by atoms with van der Waals surface area (Å²) in [4.78, 5) is 14.8. The van der Waals surface area contributed by atoms with Crippen molar-refractivity contribution < 1.29 is 5.11 Å². The van der Waals surface area contributed by atoms with Gasteiger partial charge in [0.1, 0.15) is 0 Å². The van der Waals surface area contributed by atoms with Crippen molar-refractivity contribution in [3.05, 3.63) is 18.5 Å². The number of aromatic nitrogens is 5. The molecule has 0 aliphatic carbocycles. The molecule has 3 rings (SSSR count). The number of piperidine rings is 1. The van der Waals surface area contributed by atoms with Crippen LogP contribution in [0.2, 0.25) is 0 Å². The summed E-state index contributed by atoms with van der Waals surface area (Å²) in [6.45, 7) is 3.07. The van der Waals surface area contributed by atoms with Gasteiger partial charge in [0.05, 0.1) is 5.60 Å². The molecule has 0 aromatic carbocycles. The fourth-order valence-corrected chi connectivity index (χ4v) is 2.44. The predicted octanol–water partition coefficient (Wildman–Crippen LogP) is -0.306. The number of nitrogens with two attached hydrogens (primary N) is 1. The largest absolute Gasteiger partial charge is 0.388 e. The van der Waals surface area contributed by atoms with Crippen molar-refractivity contribution in [3.63, 3.8) is 0 Å². The molecule has 3 heterocycles. The average Bonchev–Trinajstić information content (AvgIpc) is 3.00. The van der Waals surface area contributed by atoms with Crippen molar-refractivity contribution in [3.8, 4) is 5.95 Å². The Labute approximate surface area is 121 Å². The second kappa shape index (κ2) is 5.26. The highest BCUT2D eigenvalue weighted by Crippen LogP contribution is 2.24. The van der Waals surface area contributed by atoms with E-state index in [0.29, 0.717) is 18.4 Å². The smallest absolute Gasteiger partial charge is 0.257 e. The van der Waals surface area contributed by atoms with Crippen molar-refractivity contribution in [2.75, 3.05) is 23.4 Å². The number of hydrogen-bond donors (Lipinski definition) is 3. The highest BCUT2D eigenvalue weighted by Gasteiger charge is 2.30. The molecule has 9 heteroatoms. The predicted molar refractivity (Wildman–Crippen MR) is 76.8 cm³/mol. The van der Waals surface area contributed by atoms with E-state index in [2.05, 4.69) is 25.5 Å². The van der Waals surface area contributed by atoms with Crippen LogP contribution >= 0.6 is 0 Å². The van der Waals surface area contributed by atoms with Gasteiger partial charge < -0.3 is 10.0 Å². The molecule has 21 heavy (non-hydrogen) atoms. The second-order valence-corrected chi connectivity index (χ2v) is 5.38. The van der Waals surface area contributed by atoms with E-state index in [-0.39, 0.29) is 5.95 Å². The van der Waals surface area contributed by atoms with Crippen LogP contribution in [0.25, 0.3) is 5.95 Å². The average molecular weight is 290 g/mol. The van der Waals surface area contributed by atoms with Gasteiger partial charge in [0.2, 0.25) is 11.9 Å². The molecule has 2 aromatic rings. The third kappa shape index (κ3) is 2.93. The molecule has 2 aromatic heterocycles. The first kappa shape index (κ1) is 13.7. The summed E-state index contributed by atoms with van der Waals surface area (Å²) in [7, 11) is 0. The number of hydrogen-bond acceptors (Lipinski definition) is 8. The van der Waals surface area contributed by atoms with Crippen LogP contribution in [0.1, 0.15) is 19.8 Å². The SMILES string of the molecule is CC1(O)CCCN(c2nc(NN)nc(-n3cccn3)n2)C1. The molecule has 0 bridgehead atoms. The van der Waals surface area contributed by atoms with Gasteiger partial charge >= 0.3 is 0 Å². The Kier molecular flexibility index (Phi) is 3.43. The molecule has 0 amide bonds. The van der Waals surface area contributed by atoms with Gasteiger partial charge in [0, 0.05) is 25.5 Å². The van der Waals surface area contributed by atoms with Crippen LogP contribution in [-0.4, -0.2) is 48.5 Å². The minimum absolute atomic E-state index is 0.260. The first-order valence-corrected chi connectivity index (χ1v) is 6.77. The summed E-state index contributed by atoms with van der Waals surface area (Å²) in [6.07, 6.45) is 5.03. The Balaban J connectivity index is 1.96. The summed E-state index contributed by atoms with van der Waals surface area (Å²) in [5, 5.41) is 14.3. The Morgan fingerprint density at radius 1 is 1.33 bits per heavy atom. The Morgan fingerprint density at radius 2 is 2.14 bits per heavy atom. The van der Waals surface area contributed by atoms with Gasteiger partial charge in [-0.05, 0) is 25.8 Å². The van der Waals surface area contributed by atoms with E-state index in [0.717, 1.165) is 19.4 Å². The normalized spacial score (nSPS) is 22.3. The molecule has 9 nitrogen and oxygen atoms in total. The Bertz CT molecular complexity index is 612. The quantitative estimate of drug-likeness (QED) is 0.520. The lowest BCUT2D eigenvalue weighted by atomic mass is 9.95. The number of rotatable bonds is 3. The molecule has 112 valence electrons. The highest BCUT2D eigenvalue weighted by atomic mass is 16.3. The van der Waals surface area contributed by atoms with E-state index in [1.165, 1.54) is 4.68 Å². The summed E-state index contributed by atoms with van der Waals surface area (Å²) < 4.78 is 1.54. The van der Waals surface area contributed by atoms with Crippen LogP contribution in [0.3, 0.4) is 0 Å². The minimum Gasteiger partial charge on any atom is -0.388 e. The number of nitrogen functional groups attached to an aromatic ring is 1. The summed E-state index contributed by atoms with van der Waals surface area (Å²) >= 11 is 0. The summed E-state index contributed by atoms with van der Waals surface area (Å²) in [5.74, 6) is 6.54. The van der Waals surface area contributed by atoms with Crippen LogP contribution in [0.15, 0.2) is 18.5 Å². The van der Waals surface area contributed by atoms with Crippen molar-refractivity contribution in [2.45, 2.75) is 25.4 Å². The van der Waals surface area contributed by atoms with Crippen LogP contribution in [0.4, 0.5) is 11.9 Å². The van der Waals surface area contributed by atoms with Gasteiger partial charge in [-0.2, -0.15) is 20.1 Å². The van der Waals surface area contributed by atoms with Crippen molar-refractivity contribution in [1.29, 1.82) is 0 Å². The molecule has 4 N–H and O–H groups in total. The topological polar surface area (TPSA) is 118 Å². The number of nitrogens with zero attached hydrogens (tertiary/aromatic N) is 6. The van der Waals surface area contributed by atoms with E-state index in [4.69, 9.17) is 5.84 Å². The molecular formula is C12H18N8O. The lowest BCUT2D eigenvalue weighted by molar-refractivity contribution is 0.0444. The van der Waals surface area contributed by atoms with Crippen LogP contribution < -0.4 is 16.2 Å². The number of nitrogens with one attached hydrogen (secondary N) is 1. The Hall–Kier alpha value is -2.26. The van der Waals surface area contributed by atoms with Crippen molar-refractivity contribution >= 4 is 11.9 Å². The molecule has 1 aliphatic rings. The Morgan fingerprint density at radius 3 is 2.81 bits per heavy atom. The van der Waals surface area contributed by atoms with Gasteiger partial charge in [0.15, 0.2) is 0 Å². The van der Waals surface area contributed by atoms with Crippen molar-refractivity contribution in [2.24, 2.45) is 5.84 Å². The molecule has 1 atom stereocenters. The van der Waals surface area contributed by atoms with E-state index in [9.17, 15) is 5.11 Å². The summed E-state index contributed by atoms with van der Waals surface area (Å²) in [5.41, 5.74) is 1.69. The van der Waals surface area contributed by atoms with E-state index in [1.807, 2.05) is 11.8 Å². The van der Waals surface area contributed by atoms with E-state index in [1.54, 1.807) is 18.5 Å². The lowest BCUT2D eigenvalue weighted by Gasteiger charge is -2.36. The van der Waals surface area contributed by atoms with E-state index < -0.39 is 5.60 Å². The fourth-order valence-electron chi connectivity index (χ4n) is 2.44. The lowest BCUT2D eigenvalue weighted by Crippen LogP contribution is -2.47. The van der Waals surface area contributed by atoms with Gasteiger partial charge in [-0.15, -0.1) is 0 Å². The van der Waals surface area contributed by atoms with Gasteiger partial charge in [0.25, 0.3) is 5.95 Å². The monoisotopic (exact) mass is 290 g/mol. The minimum atomic E-state index is -0.743. The molecular weight excluding hydrogens is 272 g/mol. The van der Waals surface area contributed by atoms with Crippen LogP contribution in [0, 0.1) is 0 Å². The number of β-amino-alcohol motifs (C(OH)–C–C–N with tert-alkyl or cyclic N) is 1. The maximum Gasteiger partial charge on any atom is 0.257 e. The van der Waals surface area contributed by atoms with E-state index >= 15 is 0 Å². The maximum absolute atomic E-state index is 10.2. The molecule has 0 saturated carbocycles. The second-order valence-electron chi connectivity index (χ2n) is 5.38. The van der Waals surface area contributed by atoms with Gasteiger partial charge in [-0.25, -0.2) is 10.5 Å². The van der Waals surface area contributed by atoms with Gasteiger partial charge in [-0.1, -0.05) is 0 Å². The zero-order chi connectivity index (χ0) is 14.9. The highest BCUT2D eigenvalue weighted by molar-refractivity contribution is 5.40. The maximum atomic E-state index is 10.2. The molecule has 1 saturated heterocycles. The molecule has 1 aliphatic heterocycles. The van der Waals surface area contributed by atoms with Crippen molar-refractivity contribution in [1.82, 2.24) is 24.7 Å². The number of aliphatic hydroxyl groups is 1. The zero-order valence-electron chi connectivity index (χ0n) is 11.8.